The highest BCUT2D eigenvalue weighted by Gasteiger charge is 2.17. The van der Waals surface area contributed by atoms with Crippen LogP contribution in [0.2, 0.25) is 5.02 Å². The van der Waals surface area contributed by atoms with Crippen molar-refractivity contribution in [3.05, 3.63) is 35.5 Å². The average molecular weight is 238 g/mol. The van der Waals surface area contributed by atoms with Crippen molar-refractivity contribution in [2.45, 2.75) is 13.0 Å². The third-order valence-corrected chi connectivity index (χ3v) is 3.00. The van der Waals surface area contributed by atoms with Gasteiger partial charge in [-0.25, -0.2) is 4.79 Å². The summed E-state index contributed by atoms with van der Waals surface area (Å²) in [5.74, 6) is -0.266. The Kier molecular flexibility index (Phi) is 2.88. The Balaban J connectivity index is 2.54. The zero-order chi connectivity index (χ0) is 11.7. The normalized spacial score (nSPS) is 12.7. The first-order valence-electron chi connectivity index (χ1n) is 4.98. The summed E-state index contributed by atoms with van der Waals surface area (Å²) in [6.45, 7) is 1.80. The second-order valence-electron chi connectivity index (χ2n) is 3.59. The number of hydrogen-bond acceptors (Lipinski definition) is 2. The van der Waals surface area contributed by atoms with E-state index in [1.807, 2.05) is 35.0 Å². The number of hydrogen-bond donors (Lipinski definition) is 0. The van der Waals surface area contributed by atoms with Gasteiger partial charge in [-0.2, -0.15) is 0 Å². The summed E-state index contributed by atoms with van der Waals surface area (Å²) < 4.78 is 6.58. The molecule has 0 fully saturated rings. The van der Waals surface area contributed by atoms with Crippen molar-refractivity contribution in [3.63, 3.8) is 0 Å². The number of carbonyl (C=O) groups is 1. The first kappa shape index (κ1) is 11.0. The number of methoxy groups -OCH3 is 1. The predicted octanol–water partition coefficient (Wildman–Crippen LogP) is 3.03. The highest BCUT2D eigenvalue weighted by Crippen LogP contribution is 2.26. The van der Waals surface area contributed by atoms with Crippen molar-refractivity contribution >= 4 is 28.5 Å². The number of carbonyl (C=O) groups excluding carboxylic acids is 1. The molecule has 0 bridgehead atoms. The smallest absolute Gasteiger partial charge is 0.328 e. The van der Waals surface area contributed by atoms with E-state index in [4.69, 9.17) is 16.3 Å². The molecule has 16 heavy (non-hydrogen) atoms. The quantitative estimate of drug-likeness (QED) is 0.752. The van der Waals surface area contributed by atoms with Crippen LogP contribution in [0.25, 0.3) is 10.9 Å². The van der Waals surface area contributed by atoms with Gasteiger partial charge in [-0.15, -0.1) is 0 Å². The van der Waals surface area contributed by atoms with Crippen molar-refractivity contribution in [3.8, 4) is 0 Å². The van der Waals surface area contributed by atoms with Gasteiger partial charge in [-0.1, -0.05) is 17.7 Å². The molecule has 0 saturated heterocycles. The van der Waals surface area contributed by atoms with Crippen molar-refractivity contribution in [1.29, 1.82) is 0 Å². The number of esters is 1. The molecule has 0 radical (unpaired) electrons. The summed E-state index contributed by atoms with van der Waals surface area (Å²) in [5.41, 5.74) is 0.936. The van der Waals surface area contributed by atoms with Crippen LogP contribution in [0.3, 0.4) is 0 Å². The van der Waals surface area contributed by atoms with Crippen LogP contribution in [0.15, 0.2) is 30.5 Å². The fraction of sp³-hybridized carbons (Fsp3) is 0.250. The Hall–Kier alpha value is -1.48. The molecule has 0 aliphatic rings. The highest BCUT2D eigenvalue weighted by atomic mass is 35.5. The lowest BCUT2D eigenvalue weighted by Gasteiger charge is -2.12. The Labute approximate surface area is 98.6 Å². The lowest BCUT2D eigenvalue weighted by Crippen LogP contribution is -2.16. The fourth-order valence-corrected chi connectivity index (χ4v) is 2.01. The molecule has 0 saturated carbocycles. The Bertz CT molecular complexity index is 533. The SMILES string of the molecule is COC(=O)[C@H](C)n1ccc2c(Cl)cccc21. The number of fused-ring (bicyclic) bond motifs is 1. The molecule has 1 aromatic heterocycles. The maximum Gasteiger partial charge on any atom is 0.328 e. The standard InChI is InChI=1S/C12H12ClNO2/c1-8(12(15)16-2)14-7-6-9-10(13)4-3-5-11(9)14/h3-8H,1-2H3/t8-/m0/s1. The van der Waals surface area contributed by atoms with E-state index >= 15 is 0 Å². The van der Waals surface area contributed by atoms with Crippen LogP contribution in [-0.4, -0.2) is 17.6 Å². The van der Waals surface area contributed by atoms with Gasteiger partial charge >= 0.3 is 5.97 Å². The van der Waals surface area contributed by atoms with Gasteiger partial charge in [0.25, 0.3) is 0 Å². The summed E-state index contributed by atoms with van der Waals surface area (Å²) in [4.78, 5) is 11.5. The summed E-state index contributed by atoms with van der Waals surface area (Å²) >= 11 is 6.06. The van der Waals surface area contributed by atoms with E-state index in [1.165, 1.54) is 7.11 Å². The van der Waals surface area contributed by atoms with Gasteiger partial charge in [0, 0.05) is 16.6 Å². The molecular formula is C12H12ClNO2. The molecule has 2 rings (SSSR count). The van der Waals surface area contributed by atoms with E-state index in [-0.39, 0.29) is 12.0 Å². The van der Waals surface area contributed by atoms with Crippen molar-refractivity contribution in [2.75, 3.05) is 7.11 Å². The fourth-order valence-electron chi connectivity index (χ4n) is 1.77. The van der Waals surface area contributed by atoms with Gasteiger partial charge in [-0.3, -0.25) is 0 Å². The molecule has 1 atom stereocenters. The average Bonchev–Trinajstić information content (AvgIpc) is 2.72. The van der Waals surface area contributed by atoms with Gasteiger partial charge in [0.15, 0.2) is 0 Å². The van der Waals surface area contributed by atoms with Crippen LogP contribution in [0, 0.1) is 0 Å². The van der Waals surface area contributed by atoms with E-state index in [2.05, 4.69) is 0 Å². The maximum absolute atomic E-state index is 11.5. The van der Waals surface area contributed by atoms with Crippen LogP contribution >= 0.6 is 11.6 Å². The molecule has 2 aromatic rings. The number of halogens is 1. The van der Waals surface area contributed by atoms with E-state index in [9.17, 15) is 4.79 Å². The molecule has 84 valence electrons. The number of benzene rings is 1. The monoisotopic (exact) mass is 237 g/mol. The number of rotatable bonds is 2. The van der Waals surface area contributed by atoms with Crippen molar-refractivity contribution < 1.29 is 9.53 Å². The molecular weight excluding hydrogens is 226 g/mol. The predicted molar refractivity (Wildman–Crippen MR) is 63.7 cm³/mol. The molecule has 1 aromatic carbocycles. The minimum Gasteiger partial charge on any atom is -0.467 e. The second-order valence-corrected chi connectivity index (χ2v) is 4.00. The molecule has 0 unspecified atom stereocenters. The zero-order valence-corrected chi connectivity index (χ0v) is 9.86. The summed E-state index contributed by atoms with van der Waals surface area (Å²) in [6.07, 6.45) is 1.85. The second kappa shape index (κ2) is 4.18. The van der Waals surface area contributed by atoms with Gasteiger partial charge in [0.05, 0.1) is 12.6 Å². The Morgan fingerprint density at radius 1 is 1.44 bits per heavy atom. The first-order valence-corrected chi connectivity index (χ1v) is 5.36. The van der Waals surface area contributed by atoms with Crippen LogP contribution in [0.1, 0.15) is 13.0 Å². The van der Waals surface area contributed by atoms with E-state index in [0.717, 1.165) is 10.9 Å². The molecule has 3 nitrogen and oxygen atoms in total. The molecule has 0 aliphatic carbocycles. The number of ether oxygens (including phenoxy) is 1. The molecule has 0 aliphatic heterocycles. The number of nitrogens with zero attached hydrogens (tertiary/aromatic N) is 1. The summed E-state index contributed by atoms with van der Waals surface area (Å²) in [6, 6.07) is 7.18. The Morgan fingerprint density at radius 2 is 2.19 bits per heavy atom. The molecule has 1 heterocycles. The topological polar surface area (TPSA) is 31.2 Å². The van der Waals surface area contributed by atoms with Gasteiger partial charge < -0.3 is 9.30 Å². The summed E-state index contributed by atoms with van der Waals surface area (Å²) in [5, 5.41) is 1.63. The zero-order valence-electron chi connectivity index (χ0n) is 9.11. The van der Waals surface area contributed by atoms with E-state index < -0.39 is 0 Å². The van der Waals surface area contributed by atoms with E-state index in [0.29, 0.717) is 5.02 Å². The lowest BCUT2D eigenvalue weighted by atomic mass is 10.2. The van der Waals surface area contributed by atoms with Crippen LogP contribution in [-0.2, 0) is 9.53 Å². The number of aromatic nitrogens is 1. The molecule has 0 spiro atoms. The highest BCUT2D eigenvalue weighted by molar-refractivity contribution is 6.35. The molecule has 4 heteroatoms. The maximum atomic E-state index is 11.5. The van der Waals surface area contributed by atoms with Gasteiger partial charge in [0.1, 0.15) is 6.04 Å². The van der Waals surface area contributed by atoms with E-state index in [1.54, 1.807) is 6.92 Å². The molecule has 0 N–H and O–H groups in total. The largest absolute Gasteiger partial charge is 0.467 e. The van der Waals surface area contributed by atoms with Crippen LogP contribution in [0.4, 0.5) is 0 Å². The molecule has 0 amide bonds. The third-order valence-electron chi connectivity index (χ3n) is 2.67. The Morgan fingerprint density at radius 3 is 2.88 bits per heavy atom. The third kappa shape index (κ3) is 1.67. The van der Waals surface area contributed by atoms with Crippen LogP contribution in [0.5, 0.6) is 0 Å². The lowest BCUT2D eigenvalue weighted by molar-refractivity contribution is -0.143. The van der Waals surface area contributed by atoms with Crippen molar-refractivity contribution in [2.24, 2.45) is 0 Å². The van der Waals surface area contributed by atoms with Crippen LogP contribution < -0.4 is 0 Å². The summed E-state index contributed by atoms with van der Waals surface area (Å²) in [7, 11) is 1.39. The van der Waals surface area contributed by atoms with Gasteiger partial charge in [-0.05, 0) is 25.1 Å². The minimum atomic E-state index is -0.346. The van der Waals surface area contributed by atoms with Crippen molar-refractivity contribution in [1.82, 2.24) is 4.57 Å². The minimum absolute atomic E-state index is 0.266. The first-order chi connectivity index (χ1) is 7.65. The van der Waals surface area contributed by atoms with Gasteiger partial charge in [0.2, 0.25) is 0 Å².